The van der Waals surface area contributed by atoms with E-state index in [-0.39, 0.29) is 0 Å². The van der Waals surface area contributed by atoms with Gasteiger partial charge in [-0.05, 0) is 62.4 Å². The van der Waals surface area contributed by atoms with Gasteiger partial charge in [0.05, 0.1) is 0 Å². The summed E-state index contributed by atoms with van der Waals surface area (Å²) in [7, 11) is 0. The van der Waals surface area contributed by atoms with Crippen LogP contribution >= 0.6 is 0 Å². The zero-order valence-corrected chi connectivity index (χ0v) is 12.6. The zero-order chi connectivity index (χ0) is 12.8. The molecular formula is C17H33N. The van der Waals surface area contributed by atoms with E-state index in [4.69, 9.17) is 0 Å². The molecule has 1 nitrogen and oxygen atoms in total. The van der Waals surface area contributed by atoms with Gasteiger partial charge < -0.3 is 5.32 Å². The Morgan fingerprint density at radius 2 is 1.50 bits per heavy atom. The minimum atomic E-state index is 0.973. The molecule has 0 aromatic heterocycles. The lowest BCUT2D eigenvalue weighted by molar-refractivity contribution is 0.242. The molecule has 2 unspecified atom stereocenters. The monoisotopic (exact) mass is 251 g/mol. The molecule has 0 amide bonds. The Hall–Kier alpha value is -0.0400. The van der Waals surface area contributed by atoms with Crippen LogP contribution in [-0.2, 0) is 0 Å². The predicted octanol–water partition coefficient (Wildman–Crippen LogP) is 4.62. The molecule has 0 aromatic carbocycles. The van der Waals surface area contributed by atoms with Crippen LogP contribution in [0.15, 0.2) is 0 Å². The number of hydrogen-bond donors (Lipinski definition) is 1. The van der Waals surface area contributed by atoms with Crippen molar-refractivity contribution in [1.82, 2.24) is 5.32 Å². The van der Waals surface area contributed by atoms with Gasteiger partial charge in [0, 0.05) is 0 Å². The first-order valence-electron chi connectivity index (χ1n) is 8.48. The fourth-order valence-corrected chi connectivity index (χ4v) is 4.08. The maximum Gasteiger partial charge on any atom is -0.00203 e. The van der Waals surface area contributed by atoms with E-state index in [9.17, 15) is 0 Å². The van der Waals surface area contributed by atoms with Crippen LogP contribution in [0.25, 0.3) is 0 Å². The van der Waals surface area contributed by atoms with Crippen molar-refractivity contribution >= 4 is 0 Å². The van der Waals surface area contributed by atoms with Crippen LogP contribution in [0.1, 0.15) is 71.6 Å². The van der Waals surface area contributed by atoms with Crippen LogP contribution in [-0.4, -0.2) is 13.1 Å². The van der Waals surface area contributed by atoms with Gasteiger partial charge in [0.2, 0.25) is 0 Å². The maximum absolute atomic E-state index is 3.78. The Kier molecular flexibility index (Phi) is 6.01. The molecule has 0 heterocycles. The molecule has 0 saturated heterocycles. The van der Waals surface area contributed by atoms with Gasteiger partial charge >= 0.3 is 0 Å². The smallest absolute Gasteiger partial charge is 0.00203 e. The summed E-state index contributed by atoms with van der Waals surface area (Å²) in [5.41, 5.74) is 0. The molecule has 0 spiro atoms. The topological polar surface area (TPSA) is 12.0 Å². The third kappa shape index (κ3) is 4.57. The molecule has 1 heteroatoms. The Bertz CT molecular complexity index is 218. The first-order valence-corrected chi connectivity index (χ1v) is 8.48. The fourth-order valence-electron chi connectivity index (χ4n) is 4.08. The van der Waals surface area contributed by atoms with Crippen molar-refractivity contribution in [3.8, 4) is 0 Å². The van der Waals surface area contributed by atoms with Gasteiger partial charge in [0.15, 0.2) is 0 Å². The van der Waals surface area contributed by atoms with Crippen LogP contribution < -0.4 is 5.32 Å². The van der Waals surface area contributed by atoms with Crippen molar-refractivity contribution < 1.29 is 0 Å². The zero-order valence-electron chi connectivity index (χ0n) is 12.6. The molecule has 106 valence electrons. The van der Waals surface area contributed by atoms with Gasteiger partial charge in [-0.1, -0.05) is 46.0 Å². The molecule has 2 saturated carbocycles. The highest BCUT2D eigenvalue weighted by atomic mass is 14.9. The van der Waals surface area contributed by atoms with E-state index >= 15 is 0 Å². The van der Waals surface area contributed by atoms with Crippen molar-refractivity contribution in [1.29, 1.82) is 0 Å². The van der Waals surface area contributed by atoms with Crippen LogP contribution in [0.5, 0.6) is 0 Å². The molecule has 2 aliphatic rings. The standard InChI is InChI=1S/C17H33N/c1-3-15-7-9-16(10-8-15)12-18-13-17-6-4-5-14(2)11-17/h14-18H,3-13H2,1-2H3. The van der Waals surface area contributed by atoms with Crippen molar-refractivity contribution in [2.75, 3.05) is 13.1 Å². The third-order valence-corrected chi connectivity index (χ3v) is 5.45. The normalized spacial score (nSPS) is 37.7. The molecule has 1 N–H and O–H groups in total. The Morgan fingerprint density at radius 1 is 0.833 bits per heavy atom. The van der Waals surface area contributed by atoms with Gasteiger partial charge in [-0.25, -0.2) is 0 Å². The third-order valence-electron chi connectivity index (χ3n) is 5.45. The summed E-state index contributed by atoms with van der Waals surface area (Å²) < 4.78 is 0. The predicted molar refractivity (Wildman–Crippen MR) is 79.7 cm³/mol. The molecule has 2 aliphatic carbocycles. The summed E-state index contributed by atoms with van der Waals surface area (Å²) in [5, 5.41) is 3.78. The summed E-state index contributed by atoms with van der Waals surface area (Å²) in [6.07, 6.45) is 13.2. The van der Waals surface area contributed by atoms with Crippen molar-refractivity contribution in [2.45, 2.75) is 71.6 Å². The molecule has 2 rings (SSSR count). The van der Waals surface area contributed by atoms with Gasteiger partial charge in [-0.15, -0.1) is 0 Å². The van der Waals surface area contributed by atoms with Crippen molar-refractivity contribution in [2.24, 2.45) is 23.7 Å². The quantitative estimate of drug-likeness (QED) is 0.752. The summed E-state index contributed by atoms with van der Waals surface area (Å²) in [6.45, 7) is 7.37. The highest BCUT2D eigenvalue weighted by Crippen LogP contribution is 2.31. The Labute approximate surface area is 114 Å². The van der Waals surface area contributed by atoms with Gasteiger partial charge in [-0.2, -0.15) is 0 Å². The summed E-state index contributed by atoms with van der Waals surface area (Å²) in [4.78, 5) is 0. The second-order valence-electron chi connectivity index (χ2n) is 7.09. The average Bonchev–Trinajstić information content (AvgIpc) is 2.40. The van der Waals surface area contributed by atoms with Gasteiger partial charge in [-0.3, -0.25) is 0 Å². The second kappa shape index (κ2) is 7.53. The number of nitrogens with one attached hydrogen (secondary N) is 1. The van der Waals surface area contributed by atoms with E-state index in [1.165, 1.54) is 70.9 Å². The Balaban J connectivity index is 1.55. The number of hydrogen-bond acceptors (Lipinski definition) is 1. The lowest BCUT2D eigenvalue weighted by Gasteiger charge is -2.30. The van der Waals surface area contributed by atoms with Crippen LogP contribution in [0, 0.1) is 23.7 Å². The van der Waals surface area contributed by atoms with E-state index < -0.39 is 0 Å². The highest BCUT2D eigenvalue weighted by Gasteiger charge is 2.21. The second-order valence-corrected chi connectivity index (χ2v) is 7.09. The molecule has 0 aliphatic heterocycles. The van der Waals surface area contributed by atoms with E-state index in [1.54, 1.807) is 0 Å². The molecule has 2 fully saturated rings. The van der Waals surface area contributed by atoms with Crippen LogP contribution in [0.4, 0.5) is 0 Å². The summed E-state index contributed by atoms with van der Waals surface area (Å²) in [6, 6.07) is 0. The lowest BCUT2D eigenvalue weighted by Crippen LogP contribution is -2.32. The summed E-state index contributed by atoms with van der Waals surface area (Å²) in [5.74, 6) is 3.97. The first-order chi connectivity index (χ1) is 8.78. The molecule has 2 atom stereocenters. The van der Waals surface area contributed by atoms with E-state index in [1.807, 2.05) is 0 Å². The highest BCUT2D eigenvalue weighted by molar-refractivity contribution is 4.76. The largest absolute Gasteiger partial charge is 0.316 e. The Morgan fingerprint density at radius 3 is 2.17 bits per heavy atom. The molecule has 0 aromatic rings. The van der Waals surface area contributed by atoms with Crippen molar-refractivity contribution in [3.05, 3.63) is 0 Å². The first kappa shape index (κ1) is 14.4. The van der Waals surface area contributed by atoms with Gasteiger partial charge in [0.1, 0.15) is 0 Å². The molecule has 18 heavy (non-hydrogen) atoms. The number of rotatable bonds is 5. The molecule has 0 radical (unpaired) electrons. The van der Waals surface area contributed by atoms with E-state index in [2.05, 4.69) is 19.2 Å². The minimum absolute atomic E-state index is 0.973. The minimum Gasteiger partial charge on any atom is -0.316 e. The average molecular weight is 251 g/mol. The SMILES string of the molecule is CCC1CCC(CNCC2CCCC(C)C2)CC1. The van der Waals surface area contributed by atoms with E-state index in [0.29, 0.717) is 0 Å². The van der Waals surface area contributed by atoms with Crippen molar-refractivity contribution in [3.63, 3.8) is 0 Å². The summed E-state index contributed by atoms with van der Waals surface area (Å²) >= 11 is 0. The maximum atomic E-state index is 3.78. The molecular weight excluding hydrogens is 218 g/mol. The van der Waals surface area contributed by atoms with E-state index in [0.717, 1.165) is 23.7 Å². The van der Waals surface area contributed by atoms with Crippen LogP contribution in [0.2, 0.25) is 0 Å². The lowest BCUT2D eigenvalue weighted by atomic mass is 9.80. The van der Waals surface area contributed by atoms with Gasteiger partial charge in [0.25, 0.3) is 0 Å². The van der Waals surface area contributed by atoms with Crippen LogP contribution in [0.3, 0.4) is 0 Å². The molecule has 0 bridgehead atoms. The fraction of sp³-hybridized carbons (Fsp3) is 1.00.